The molecule has 3 heterocycles. The third-order valence-corrected chi connectivity index (χ3v) is 4.24. The largest absolute Gasteiger partial charge is 0.387 e. The molecule has 2 aromatic heterocycles. The first-order valence-electron chi connectivity index (χ1n) is 8.67. The van der Waals surface area contributed by atoms with Crippen molar-refractivity contribution in [3.63, 3.8) is 0 Å². The molecule has 28 heavy (non-hydrogen) atoms. The zero-order valence-corrected chi connectivity index (χ0v) is 15.0. The number of primary amides is 1. The van der Waals surface area contributed by atoms with E-state index in [4.69, 9.17) is 5.73 Å². The predicted molar refractivity (Wildman–Crippen MR) is 104 cm³/mol. The maximum atomic E-state index is 11.8. The van der Waals surface area contributed by atoms with E-state index in [2.05, 4.69) is 42.7 Å². The average Bonchev–Trinajstić information content (AvgIpc) is 3.34. The van der Waals surface area contributed by atoms with E-state index in [-0.39, 0.29) is 11.6 Å². The Morgan fingerprint density at radius 2 is 2.14 bits per heavy atom. The van der Waals surface area contributed by atoms with Crippen LogP contribution in [0.5, 0.6) is 0 Å². The highest BCUT2D eigenvalue weighted by Gasteiger charge is 2.19. The van der Waals surface area contributed by atoms with Crippen LogP contribution in [0.2, 0.25) is 0 Å². The van der Waals surface area contributed by atoms with Gasteiger partial charge >= 0.3 is 0 Å². The Bertz CT molecular complexity index is 1020. The van der Waals surface area contributed by atoms with Gasteiger partial charge in [-0.05, 0) is 18.2 Å². The Kier molecular flexibility index (Phi) is 4.58. The van der Waals surface area contributed by atoms with Crippen molar-refractivity contribution in [2.24, 2.45) is 5.73 Å². The van der Waals surface area contributed by atoms with E-state index in [1.54, 1.807) is 12.4 Å². The summed E-state index contributed by atoms with van der Waals surface area (Å²) in [6.45, 7) is 4.65. The van der Waals surface area contributed by atoms with Gasteiger partial charge in [-0.25, -0.2) is 4.98 Å². The van der Waals surface area contributed by atoms with Crippen LogP contribution >= 0.6 is 0 Å². The molecule has 5 N–H and O–H groups in total. The van der Waals surface area contributed by atoms with E-state index in [1.165, 1.54) is 11.0 Å². The van der Waals surface area contributed by atoms with Crippen LogP contribution in [0.15, 0.2) is 55.1 Å². The second-order valence-electron chi connectivity index (χ2n) is 6.34. The Balaban J connectivity index is 1.60. The molecule has 10 nitrogen and oxygen atoms in total. The molecule has 1 atom stereocenters. The van der Waals surface area contributed by atoms with E-state index in [0.717, 1.165) is 24.4 Å². The molecule has 0 unspecified atom stereocenters. The molecule has 1 aliphatic rings. The molecule has 1 saturated heterocycles. The molecule has 0 radical (unpaired) electrons. The minimum absolute atomic E-state index is 0.133. The van der Waals surface area contributed by atoms with Crippen molar-refractivity contribution in [2.45, 2.75) is 12.5 Å². The van der Waals surface area contributed by atoms with Crippen LogP contribution in [-0.4, -0.2) is 43.5 Å². The molecule has 3 aromatic rings. The Labute approximate surface area is 160 Å². The fourth-order valence-corrected chi connectivity index (χ4v) is 2.91. The lowest BCUT2D eigenvalue weighted by Crippen LogP contribution is -2.24. The molecule has 0 spiro atoms. The molecule has 0 bridgehead atoms. The SMILES string of the molecule is C=C1C[C@@H](Nc2ncc(C(N)=O)c(Nc3cccc(-n4nccn4)c3)n2)CN1. The van der Waals surface area contributed by atoms with Gasteiger partial charge in [0, 0.05) is 30.5 Å². The van der Waals surface area contributed by atoms with Crippen molar-refractivity contribution < 1.29 is 4.79 Å². The number of aromatic nitrogens is 5. The summed E-state index contributed by atoms with van der Waals surface area (Å²) in [5.41, 5.74) is 8.11. The van der Waals surface area contributed by atoms with E-state index in [0.29, 0.717) is 17.5 Å². The first-order chi connectivity index (χ1) is 13.6. The van der Waals surface area contributed by atoms with E-state index < -0.39 is 5.91 Å². The van der Waals surface area contributed by atoms with E-state index in [9.17, 15) is 4.79 Å². The maximum Gasteiger partial charge on any atom is 0.254 e. The van der Waals surface area contributed by atoms with Gasteiger partial charge in [0.25, 0.3) is 5.91 Å². The molecule has 1 aliphatic heterocycles. The maximum absolute atomic E-state index is 11.8. The molecule has 1 fully saturated rings. The number of carbonyl (C=O) groups excluding carboxylic acids is 1. The quantitative estimate of drug-likeness (QED) is 0.503. The number of hydrogen-bond donors (Lipinski definition) is 4. The molecular formula is C18H19N9O. The van der Waals surface area contributed by atoms with Crippen LogP contribution < -0.4 is 21.7 Å². The van der Waals surface area contributed by atoms with E-state index >= 15 is 0 Å². The van der Waals surface area contributed by atoms with E-state index in [1.807, 2.05) is 24.3 Å². The fraction of sp³-hybridized carbons (Fsp3) is 0.167. The number of hydrogen-bond acceptors (Lipinski definition) is 8. The zero-order chi connectivity index (χ0) is 19.5. The normalized spacial score (nSPS) is 15.9. The zero-order valence-electron chi connectivity index (χ0n) is 15.0. The summed E-state index contributed by atoms with van der Waals surface area (Å²) in [5, 5.41) is 17.8. The summed E-state index contributed by atoms with van der Waals surface area (Å²) in [6, 6.07) is 7.53. The molecule has 1 aromatic carbocycles. The summed E-state index contributed by atoms with van der Waals surface area (Å²) in [4.78, 5) is 21.9. The fourth-order valence-electron chi connectivity index (χ4n) is 2.91. The van der Waals surface area contributed by atoms with Crippen LogP contribution in [0, 0.1) is 0 Å². The van der Waals surface area contributed by atoms with Crippen LogP contribution in [0.1, 0.15) is 16.8 Å². The summed E-state index contributed by atoms with van der Waals surface area (Å²) < 4.78 is 0. The lowest BCUT2D eigenvalue weighted by molar-refractivity contribution is 0.100. The Morgan fingerprint density at radius 3 is 2.86 bits per heavy atom. The highest BCUT2D eigenvalue weighted by atomic mass is 16.1. The number of amides is 1. The first kappa shape index (κ1) is 17.5. The number of rotatable bonds is 6. The summed E-state index contributed by atoms with van der Waals surface area (Å²) in [7, 11) is 0. The molecule has 1 amide bonds. The van der Waals surface area contributed by atoms with Gasteiger partial charge in [-0.3, -0.25) is 4.79 Å². The Morgan fingerprint density at radius 1 is 1.32 bits per heavy atom. The topological polar surface area (TPSA) is 136 Å². The van der Waals surface area contributed by atoms with Crippen molar-refractivity contribution in [3.8, 4) is 5.69 Å². The van der Waals surface area contributed by atoms with Crippen molar-refractivity contribution in [1.29, 1.82) is 0 Å². The molecular weight excluding hydrogens is 358 g/mol. The smallest absolute Gasteiger partial charge is 0.254 e. The van der Waals surface area contributed by atoms with Gasteiger partial charge in [0.1, 0.15) is 11.4 Å². The second-order valence-corrected chi connectivity index (χ2v) is 6.34. The van der Waals surface area contributed by atoms with Crippen molar-refractivity contribution >= 4 is 23.4 Å². The molecule has 10 heteroatoms. The van der Waals surface area contributed by atoms with Gasteiger partial charge in [0.15, 0.2) is 0 Å². The van der Waals surface area contributed by atoms with Crippen LogP contribution in [0.25, 0.3) is 5.69 Å². The molecule has 4 rings (SSSR count). The van der Waals surface area contributed by atoms with Gasteiger partial charge < -0.3 is 21.7 Å². The number of nitrogens with one attached hydrogen (secondary N) is 3. The lowest BCUT2D eigenvalue weighted by Gasteiger charge is -2.14. The van der Waals surface area contributed by atoms with Crippen LogP contribution in [0.4, 0.5) is 17.5 Å². The highest BCUT2D eigenvalue weighted by molar-refractivity contribution is 5.98. The predicted octanol–water partition coefficient (Wildman–Crippen LogP) is 1.19. The Hall–Kier alpha value is -3.95. The number of nitrogens with two attached hydrogens (primary N) is 1. The summed E-state index contributed by atoms with van der Waals surface area (Å²) in [6.07, 6.45) is 5.39. The van der Waals surface area contributed by atoms with Gasteiger partial charge in [0.05, 0.1) is 24.1 Å². The van der Waals surface area contributed by atoms with Crippen LogP contribution in [0.3, 0.4) is 0 Å². The monoisotopic (exact) mass is 377 g/mol. The van der Waals surface area contributed by atoms with Gasteiger partial charge in [0.2, 0.25) is 5.95 Å². The number of nitrogens with zero attached hydrogens (tertiary/aromatic N) is 5. The number of anilines is 3. The third-order valence-electron chi connectivity index (χ3n) is 4.24. The number of carbonyl (C=O) groups is 1. The average molecular weight is 377 g/mol. The minimum atomic E-state index is -0.616. The van der Waals surface area contributed by atoms with Crippen molar-refractivity contribution in [3.05, 3.63) is 60.7 Å². The molecule has 0 saturated carbocycles. The highest BCUT2D eigenvalue weighted by Crippen LogP contribution is 2.22. The van der Waals surface area contributed by atoms with Crippen molar-refractivity contribution in [2.75, 3.05) is 17.2 Å². The van der Waals surface area contributed by atoms with Gasteiger partial charge in [-0.1, -0.05) is 12.6 Å². The lowest BCUT2D eigenvalue weighted by atomic mass is 10.2. The molecule has 142 valence electrons. The second kappa shape index (κ2) is 7.35. The first-order valence-corrected chi connectivity index (χ1v) is 8.67. The van der Waals surface area contributed by atoms with Crippen molar-refractivity contribution in [1.82, 2.24) is 30.3 Å². The van der Waals surface area contributed by atoms with Gasteiger partial charge in [-0.2, -0.15) is 20.0 Å². The van der Waals surface area contributed by atoms with Gasteiger partial charge in [-0.15, -0.1) is 0 Å². The standard InChI is InChI=1S/C18H19N9O/c1-11-7-13(9-20-11)25-18-21-10-15(16(19)28)17(26-18)24-12-3-2-4-14(8-12)27-22-5-6-23-27/h2-6,8,10,13,20H,1,7,9H2,(H2,19,28)(H2,21,24,25,26)/t13-/m1/s1. The summed E-state index contributed by atoms with van der Waals surface area (Å²) >= 11 is 0. The third kappa shape index (κ3) is 3.75. The number of benzene rings is 1. The summed E-state index contributed by atoms with van der Waals surface area (Å²) in [5.74, 6) is 0.106. The minimum Gasteiger partial charge on any atom is -0.387 e. The molecule has 0 aliphatic carbocycles. The van der Waals surface area contributed by atoms with Crippen LogP contribution in [-0.2, 0) is 0 Å².